The van der Waals surface area contributed by atoms with E-state index in [1.54, 1.807) is 43.4 Å². The first-order valence-corrected chi connectivity index (χ1v) is 23.4. The van der Waals surface area contributed by atoms with Crippen molar-refractivity contribution < 1.29 is 50.3 Å². The van der Waals surface area contributed by atoms with Gasteiger partial charge in [-0.3, -0.25) is 19.4 Å². The van der Waals surface area contributed by atoms with Crippen molar-refractivity contribution in [1.29, 1.82) is 10.5 Å². The second-order valence-electron chi connectivity index (χ2n) is 17.4. The van der Waals surface area contributed by atoms with Crippen molar-refractivity contribution in [3.63, 3.8) is 0 Å². The van der Waals surface area contributed by atoms with E-state index in [0.29, 0.717) is 69.9 Å². The zero-order valence-corrected chi connectivity index (χ0v) is 39.3. The number of anilines is 2. The van der Waals surface area contributed by atoms with Crippen LogP contribution in [0.1, 0.15) is 95.1 Å². The molecule has 1 saturated heterocycles. The number of hydrogen-bond donors (Lipinski definition) is 1. The van der Waals surface area contributed by atoms with E-state index >= 15 is 0 Å². The van der Waals surface area contributed by atoms with Crippen LogP contribution < -0.4 is 15.1 Å². The number of carbonyl (C=O) groups is 4. The summed E-state index contributed by atoms with van der Waals surface area (Å²) in [5.41, 5.74) is 3.92. The quantitative estimate of drug-likeness (QED) is 0.135. The molecule has 1 N–H and O–H groups in total. The van der Waals surface area contributed by atoms with E-state index in [0.717, 1.165) is 48.2 Å². The van der Waals surface area contributed by atoms with Gasteiger partial charge in [-0.25, -0.2) is 9.59 Å². The molecule has 1 fully saturated rings. The average Bonchev–Trinajstić information content (AvgIpc) is 3.92. The number of allylic oxidation sites excluding steroid dienone is 2. The minimum Gasteiger partial charge on any atom is -0.381 e. The molecule has 2 aliphatic carbocycles. The molecule has 12 nitrogen and oxygen atoms in total. The Morgan fingerprint density at radius 3 is 1.51 bits per heavy atom. The summed E-state index contributed by atoms with van der Waals surface area (Å²) in [6.07, 6.45) is -6.54. The largest absolute Gasteiger partial charge is 0.416 e. The number of Topliss-reactive ketones (excluding diaryl/α,β-unsaturated/α-hetero) is 2. The lowest BCUT2D eigenvalue weighted by Gasteiger charge is -2.41. The van der Waals surface area contributed by atoms with E-state index in [4.69, 9.17) is 4.74 Å². The summed E-state index contributed by atoms with van der Waals surface area (Å²) in [4.78, 5) is 58.4. The number of ether oxygens (including phenoxy) is 1. The smallest absolute Gasteiger partial charge is 0.381 e. The predicted molar refractivity (Wildman–Crippen MR) is 248 cm³/mol. The number of urea groups is 2. The number of nitrogens with one attached hydrogen (secondary N) is 1. The Bertz CT molecular complexity index is 2930. The van der Waals surface area contributed by atoms with Gasteiger partial charge in [0.2, 0.25) is 0 Å². The van der Waals surface area contributed by atoms with Crippen molar-refractivity contribution in [3.05, 3.63) is 152 Å². The van der Waals surface area contributed by atoms with Gasteiger partial charge in [-0.05, 0) is 109 Å². The summed E-state index contributed by atoms with van der Waals surface area (Å²) in [6, 6.07) is 21.4. The third-order valence-corrected chi connectivity index (χ3v) is 13.8. The number of benzene rings is 4. The minimum absolute atomic E-state index is 0.0675. The van der Waals surface area contributed by atoms with Crippen molar-refractivity contribution >= 4 is 50.9 Å². The highest BCUT2D eigenvalue weighted by atomic mass is 79.9. The molecule has 19 heteroatoms. The van der Waals surface area contributed by atoms with Crippen LogP contribution in [-0.4, -0.2) is 66.8 Å². The Morgan fingerprint density at radius 1 is 0.643 bits per heavy atom. The van der Waals surface area contributed by atoms with Gasteiger partial charge in [0, 0.05) is 80.6 Å². The lowest BCUT2D eigenvalue weighted by Crippen LogP contribution is -2.48. The number of hydrogen-bond acceptors (Lipinski definition) is 8. The monoisotopic (exact) mass is 1030 g/mol. The minimum atomic E-state index is -4.57. The number of rotatable bonds is 8. The highest BCUT2D eigenvalue weighted by molar-refractivity contribution is 9.08. The molecule has 0 saturated carbocycles. The maximum Gasteiger partial charge on any atom is 0.416 e. The van der Waals surface area contributed by atoms with Crippen molar-refractivity contribution in [2.45, 2.75) is 80.9 Å². The van der Waals surface area contributed by atoms with Crippen LogP contribution in [0.5, 0.6) is 0 Å². The number of amides is 4. The van der Waals surface area contributed by atoms with Gasteiger partial charge in [0.15, 0.2) is 11.6 Å². The number of carbonyl (C=O) groups excluding carboxylic acids is 4. The summed E-state index contributed by atoms with van der Waals surface area (Å²) in [5, 5.41) is 22.6. The number of ketones is 2. The summed E-state index contributed by atoms with van der Waals surface area (Å²) in [5.74, 6) is -0.291. The maximum atomic E-state index is 13.7. The SMILES string of the molecule is CN1C(=O)N(c2cccc(C(F)(F)F)c2)C2=C(C(=O)CC2)C1c1ccc(C#N)cc1CBr.CN1C(=O)N(c2cccc(C(F)(F)F)c2)C2=C(C(=O)CC2)[C@H]1c1ccc(C#N)cc1CNC1CCOCC1. The van der Waals surface area contributed by atoms with Crippen LogP contribution in [0.3, 0.4) is 0 Å². The maximum absolute atomic E-state index is 13.7. The molecular weight excluding hydrogens is 984 g/mol. The van der Waals surface area contributed by atoms with Crippen molar-refractivity contribution in [3.8, 4) is 12.1 Å². The molecule has 0 spiro atoms. The van der Waals surface area contributed by atoms with Crippen molar-refractivity contribution in [1.82, 2.24) is 15.1 Å². The topological polar surface area (TPSA) is 150 Å². The lowest BCUT2D eigenvalue weighted by molar-refractivity contribution is -0.138. The van der Waals surface area contributed by atoms with Gasteiger partial charge in [0.25, 0.3) is 0 Å². The molecule has 0 bridgehead atoms. The van der Waals surface area contributed by atoms with Crippen LogP contribution in [0, 0.1) is 22.7 Å². The number of nitriles is 2. The highest BCUT2D eigenvalue weighted by Crippen LogP contribution is 2.48. The first-order chi connectivity index (χ1) is 33.4. The number of likely N-dealkylation sites (N-methyl/N-ethyl adjacent to an activating group) is 2. The van der Waals surface area contributed by atoms with Crippen LogP contribution in [0.15, 0.2) is 107 Å². The zero-order chi connectivity index (χ0) is 50.2. The first kappa shape index (κ1) is 49.6. The summed E-state index contributed by atoms with van der Waals surface area (Å²) < 4.78 is 85.5. The molecule has 9 rings (SSSR count). The fraction of sp³-hybridized carbons (Fsp3) is 0.333. The van der Waals surface area contributed by atoms with E-state index in [1.807, 2.05) is 0 Å². The number of halogens is 7. The molecule has 5 aliphatic rings. The zero-order valence-electron chi connectivity index (χ0n) is 37.8. The van der Waals surface area contributed by atoms with Gasteiger partial charge in [0.1, 0.15) is 0 Å². The third-order valence-electron chi connectivity index (χ3n) is 13.2. The molecule has 4 aromatic carbocycles. The molecule has 70 heavy (non-hydrogen) atoms. The normalized spacial score (nSPS) is 19.8. The Morgan fingerprint density at radius 2 is 1.09 bits per heavy atom. The average molecular weight is 1030 g/mol. The molecule has 0 radical (unpaired) electrons. The fourth-order valence-corrected chi connectivity index (χ4v) is 10.3. The second kappa shape index (κ2) is 19.9. The van der Waals surface area contributed by atoms with Crippen molar-refractivity contribution in [2.75, 3.05) is 37.1 Å². The van der Waals surface area contributed by atoms with Crippen molar-refractivity contribution in [2.24, 2.45) is 0 Å². The van der Waals surface area contributed by atoms with Crippen LogP contribution in [0.25, 0.3) is 0 Å². The molecule has 3 heterocycles. The fourth-order valence-electron chi connectivity index (χ4n) is 9.78. The first-order valence-electron chi connectivity index (χ1n) is 22.3. The lowest BCUT2D eigenvalue weighted by atomic mass is 9.89. The summed E-state index contributed by atoms with van der Waals surface area (Å²) >= 11 is 3.41. The molecule has 1 unspecified atom stereocenters. The van der Waals surface area contributed by atoms with E-state index in [9.17, 15) is 56.0 Å². The highest BCUT2D eigenvalue weighted by Gasteiger charge is 2.47. The van der Waals surface area contributed by atoms with E-state index < -0.39 is 47.6 Å². The molecule has 362 valence electrons. The van der Waals surface area contributed by atoms with E-state index in [-0.39, 0.29) is 54.7 Å². The second-order valence-corrected chi connectivity index (χ2v) is 17.9. The number of alkyl halides is 7. The van der Waals surface area contributed by atoms with Gasteiger partial charge in [0.05, 0.1) is 57.9 Å². The number of nitrogens with zero attached hydrogens (tertiary/aromatic N) is 6. The van der Waals surface area contributed by atoms with Gasteiger partial charge < -0.3 is 19.9 Å². The predicted octanol–water partition coefficient (Wildman–Crippen LogP) is 10.8. The van der Waals surface area contributed by atoms with Gasteiger partial charge in [-0.1, -0.05) is 40.2 Å². The van der Waals surface area contributed by atoms with Gasteiger partial charge in [-0.2, -0.15) is 36.9 Å². The van der Waals surface area contributed by atoms with E-state index in [2.05, 4.69) is 33.4 Å². The van der Waals surface area contributed by atoms with Crippen LogP contribution in [0.4, 0.5) is 47.3 Å². The van der Waals surface area contributed by atoms with Crippen LogP contribution in [0.2, 0.25) is 0 Å². The van der Waals surface area contributed by atoms with Gasteiger partial charge >= 0.3 is 24.4 Å². The van der Waals surface area contributed by atoms with Crippen LogP contribution in [-0.2, 0) is 38.6 Å². The molecule has 0 aromatic heterocycles. The Kier molecular flexibility index (Phi) is 14.1. The van der Waals surface area contributed by atoms with Crippen LogP contribution >= 0.6 is 15.9 Å². The Labute approximate surface area is 407 Å². The van der Waals surface area contributed by atoms with Gasteiger partial charge in [-0.15, -0.1) is 0 Å². The Balaban J connectivity index is 0.000000191. The summed E-state index contributed by atoms with van der Waals surface area (Å²) in [6.45, 7) is 1.76. The summed E-state index contributed by atoms with van der Waals surface area (Å²) in [7, 11) is 3.08. The van der Waals surface area contributed by atoms with E-state index in [1.165, 1.54) is 50.9 Å². The molecule has 4 aromatic rings. The molecule has 4 amide bonds. The molecular formula is C51H44BrF6N7O5. The standard InChI is InChI=1S/C28H27F3N4O3.C23H17BrF3N3O2/c1-34-26(22-6-5-17(15-32)13-18(22)16-33-20-9-11-38-12-10-20)25-23(7-8-24(25)36)35(27(34)37)21-4-2-3-19(14-21)28(29,30)31;1-29-21(17-6-5-13(12-28)9-14(17)11-24)20-18(7-8-19(20)31)30(22(29)32)16-4-2-3-15(10-16)23(25,26)27/h2-6,13-14,20,26,33H,7-12,16H2,1H3;2-6,9-10,21H,7-8,11H2,1H3/t26-;/m1./s1. The third kappa shape index (κ3) is 9.57. The Hall–Kier alpha value is -6.80. The molecule has 2 atom stereocenters. The molecule has 3 aliphatic heterocycles.